The van der Waals surface area contributed by atoms with Gasteiger partial charge >= 0.3 is 0 Å². The molecule has 1 aliphatic heterocycles. The Balaban J connectivity index is 2.27. The van der Waals surface area contributed by atoms with Crippen LogP contribution in [-0.4, -0.2) is 18.1 Å². The Morgan fingerprint density at radius 3 is 2.71 bits per heavy atom. The van der Waals surface area contributed by atoms with E-state index < -0.39 is 0 Å². The van der Waals surface area contributed by atoms with E-state index >= 15 is 0 Å². The third kappa shape index (κ3) is 1.62. The second kappa shape index (κ2) is 4.06. The average Bonchev–Trinajstić information content (AvgIpc) is 2.91. The van der Waals surface area contributed by atoms with E-state index in [1.807, 2.05) is 18.2 Å². The lowest BCUT2D eigenvalue weighted by molar-refractivity contribution is 0.949. The zero-order valence-electron chi connectivity index (χ0n) is 9.56. The topological polar surface area (TPSA) is 39.9 Å². The van der Waals surface area contributed by atoms with Gasteiger partial charge < -0.3 is 4.90 Å². The predicted octanol–water partition coefficient (Wildman–Crippen LogP) is 2.71. The molecule has 0 unspecified atom stereocenters. The maximum Gasteiger partial charge on any atom is 0.103 e. The molecule has 0 amide bonds. The largest absolute Gasteiger partial charge is 0.370 e. The van der Waals surface area contributed by atoms with Crippen LogP contribution in [0.5, 0.6) is 0 Å². The third-order valence-corrected chi connectivity index (χ3v) is 3.29. The van der Waals surface area contributed by atoms with Crippen LogP contribution in [-0.2, 0) is 0 Å². The van der Waals surface area contributed by atoms with Gasteiger partial charge in [0.25, 0.3) is 0 Å². The number of fused-ring (bicyclic) bond motifs is 1. The Morgan fingerprint density at radius 2 is 1.94 bits per heavy atom. The fourth-order valence-electron chi connectivity index (χ4n) is 2.49. The maximum absolute atomic E-state index is 9.22. The van der Waals surface area contributed by atoms with E-state index in [4.69, 9.17) is 0 Å². The highest BCUT2D eigenvalue weighted by atomic mass is 15.1. The van der Waals surface area contributed by atoms with Gasteiger partial charge in [-0.3, -0.25) is 4.98 Å². The number of para-hydroxylation sites is 1. The SMILES string of the molecule is N#Cc1cnc2ccccc2c1N1CCCC1. The van der Waals surface area contributed by atoms with Crippen molar-refractivity contribution in [1.82, 2.24) is 4.98 Å². The van der Waals surface area contributed by atoms with Crippen molar-refractivity contribution in [3.05, 3.63) is 36.0 Å². The highest BCUT2D eigenvalue weighted by Crippen LogP contribution is 2.31. The minimum Gasteiger partial charge on any atom is -0.370 e. The fourth-order valence-corrected chi connectivity index (χ4v) is 2.49. The summed E-state index contributed by atoms with van der Waals surface area (Å²) in [5, 5.41) is 10.3. The Labute approximate surface area is 100 Å². The molecule has 1 aromatic heterocycles. The molecule has 1 fully saturated rings. The summed E-state index contributed by atoms with van der Waals surface area (Å²) in [7, 11) is 0. The molecule has 2 heterocycles. The molecule has 17 heavy (non-hydrogen) atoms. The molecular weight excluding hydrogens is 210 g/mol. The van der Waals surface area contributed by atoms with Gasteiger partial charge in [-0.1, -0.05) is 18.2 Å². The number of nitriles is 1. The van der Waals surface area contributed by atoms with Crippen molar-refractivity contribution in [2.24, 2.45) is 0 Å². The van der Waals surface area contributed by atoms with Gasteiger partial charge in [0, 0.05) is 24.7 Å². The Hall–Kier alpha value is -2.08. The van der Waals surface area contributed by atoms with Crippen LogP contribution >= 0.6 is 0 Å². The van der Waals surface area contributed by atoms with Crippen LogP contribution in [0.1, 0.15) is 18.4 Å². The lowest BCUT2D eigenvalue weighted by Crippen LogP contribution is -2.19. The maximum atomic E-state index is 9.22. The number of benzene rings is 1. The molecular formula is C14H13N3. The minimum absolute atomic E-state index is 0.686. The van der Waals surface area contributed by atoms with Crippen LogP contribution in [0.2, 0.25) is 0 Å². The summed E-state index contributed by atoms with van der Waals surface area (Å²) >= 11 is 0. The van der Waals surface area contributed by atoms with E-state index in [0.717, 1.165) is 29.7 Å². The lowest BCUT2D eigenvalue weighted by Gasteiger charge is -2.20. The Bertz CT molecular complexity index is 592. The van der Waals surface area contributed by atoms with E-state index in [1.54, 1.807) is 6.20 Å². The standard InChI is InChI=1S/C14H13N3/c15-9-11-10-16-13-6-2-1-5-12(13)14(11)17-7-3-4-8-17/h1-2,5-6,10H,3-4,7-8H2. The van der Waals surface area contributed by atoms with E-state index in [0.29, 0.717) is 5.56 Å². The van der Waals surface area contributed by atoms with Crippen LogP contribution in [0.4, 0.5) is 5.69 Å². The van der Waals surface area contributed by atoms with Gasteiger partial charge in [0.05, 0.1) is 16.8 Å². The van der Waals surface area contributed by atoms with Crippen LogP contribution < -0.4 is 4.90 Å². The number of aromatic nitrogens is 1. The van der Waals surface area contributed by atoms with Crippen molar-refractivity contribution in [1.29, 1.82) is 5.26 Å². The first-order valence-corrected chi connectivity index (χ1v) is 5.93. The summed E-state index contributed by atoms with van der Waals surface area (Å²) in [6, 6.07) is 10.3. The van der Waals surface area contributed by atoms with Gasteiger partial charge in [-0.25, -0.2) is 0 Å². The van der Waals surface area contributed by atoms with Crippen molar-refractivity contribution in [2.45, 2.75) is 12.8 Å². The first-order valence-electron chi connectivity index (χ1n) is 5.93. The monoisotopic (exact) mass is 223 g/mol. The predicted molar refractivity (Wildman–Crippen MR) is 67.9 cm³/mol. The smallest absolute Gasteiger partial charge is 0.103 e. The van der Waals surface area contributed by atoms with Crippen LogP contribution in [0.15, 0.2) is 30.5 Å². The average molecular weight is 223 g/mol. The van der Waals surface area contributed by atoms with Crippen LogP contribution in [0.3, 0.4) is 0 Å². The molecule has 0 saturated carbocycles. The van der Waals surface area contributed by atoms with Gasteiger partial charge in [0.2, 0.25) is 0 Å². The Morgan fingerprint density at radius 1 is 1.18 bits per heavy atom. The quantitative estimate of drug-likeness (QED) is 0.746. The van der Waals surface area contributed by atoms with E-state index in [-0.39, 0.29) is 0 Å². The first-order chi connectivity index (χ1) is 8.40. The zero-order valence-corrected chi connectivity index (χ0v) is 9.56. The first kappa shape index (κ1) is 10.1. The third-order valence-electron chi connectivity index (χ3n) is 3.29. The van der Waals surface area contributed by atoms with Crippen molar-refractivity contribution >= 4 is 16.6 Å². The lowest BCUT2D eigenvalue weighted by atomic mass is 10.1. The molecule has 3 heteroatoms. The molecule has 3 rings (SSSR count). The zero-order chi connectivity index (χ0) is 11.7. The molecule has 84 valence electrons. The summed E-state index contributed by atoms with van der Waals surface area (Å²) in [5.41, 5.74) is 2.72. The number of pyridine rings is 1. The number of rotatable bonds is 1. The molecule has 1 aromatic carbocycles. The van der Waals surface area contributed by atoms with Gasteiger partial charge in [-0.05, 0) is 18.9 Å². The molecule has 3 nitrogen and oxygen atoms in total. The molecule has 0 atom stereocenters. The van der Waals surface area contributed by atoms with Crippen molar-refractivity contribution in [2.75, 3.05) is 18.0 Å². The van der Waals surface area contributed by atoms with E-state index in [2.05, 4.69) is 22.0 Å². The number of anilines is 1. The Kier molecular flexibility index (Phi) is 2.41. The van der Waals surface area contributed by atoms with E-state index in [1.165, 1.54) is 12.8 Å². The molecule has 1 saturated heterocycles. The number of nitrogens with zero attached hydrogens (tertiary/aromatic N) is 3. The van der Waals surface area contributed by atoms with Gasteiger partial charge in [0.15, 0.2) is 0 Å². The molecule has 0 radical (unpaired) electrons. The summed E-state index contributed by atoms with van der Waals surface area (Å²) in [6.07, 6.45) is 4.11. The van der Waals surface area contributed by atoms with E-state index in [9.17, 15) is 5.26 Å². The number of hydrogen-bond acceptors (Lipinski definition) is 3. The molecule has 1 aliphatic rings. The van der Waals surface area contributed by atoms with Crippen LogP contribution in [0.25, 0.3) is 10.9 Å². The van der Waals surface area contributed by atoms with Gasteiger partial charge in [-0.2, -0.15) is 5.26 Å². The summed E-state index contributed by atoms with van der Waals surface area (Å²) < 4.78 is 0. The highest BCUT2D eigenvalue weighted by Gasteiger charge is 2.18. The fraction of sp³-hybridized carbons (Fsp3) is 0.286. The second-order valence-corrected chi connectivity index (χ2v) is 4.34. The van der Waals surface area contributed by atoms with Crippen molar-refractivity contribution < 1.29 is 0 Å². The minimum atomic E-state index is 0.686. The highest BCUT2D eigenvalue weighted by molar-refractivity contribution is 5.94. The summed E-state index contributed by atoms with van der Waals surface area (Å²) in [6.45, 7) is 2.09. The second-order valence-electron chi connectivity index (χ2n) is 4.34. The van der Waals surface area contributed by atoms with Crippen molar-refractivity contribution in [3.8, 4) is 6.07 Å². The van der Waals surface area contributed by atoms with Crippen molar-refractivity contribution in [3.63, 3.8) is 0 Å². The summed E-state index contributed by atoms with van der Waals surface area (Å²) in [4.78, 5) is 6.64. The molecule has 0 bridgehead atoms. The number of hydrogen-bond donors (Lipinski definition) is 0. The molecule has 0 spiro atoms. The summed E-state index contributed by atoms with van der Waals surface area (Å²) in [5.74, 6) is 0. The van der Waals surface area contributed by atoms with Gasteiger partial charge in [0.1, 0.15) is 6.07 Å². The molecule has 0 aliphatic carbocycles. The molecule has 2 aromatic rings. The van der Waals surface area contributed by atoms with Crippen LogP contribution in [0, 0.1) is 11.3 Å². The van der Waals surface area contributed by atoms with Gasteiger partial charge in [-0.15, -0.1) is 0 Å². The molecule has 0 N–H and O–H groups in total. The normalized spacial score (nSPS) is 15.1.